The van der Waals surface area contributed by atoms with Crippen LogP contribution in [0.4, 0.5) is 0 Å². The molecule has 0 saturated carbocycles. The van der Waals surface area contributed by atoms with Crippen molar-refractivity contribution in [3.63, 3.8) is 0 Å². The van der Waals surface area contributed by atoms with Gasteiger partial charge in [0.05, 0.1) is 46.3 Å². The van der Waals surface area contributed by atoms with E-state index in [1.165, 1.54) is 10.9 Å². The number of furan rings is 1. The van der Waals surface area contributed by atoms with Crippen LogP contribution in [-0.4, -0.2) is 29.6 Å². The zero-order valence-electron chi connectivity index (χ0n) is 21.3. The number of nitrogens with zero attached hydrogens (tertiary/aromatic N) is 3. The monoisotopic (exact) mass is 549 g/mol. The van der Waals surface area contributed by atoms with Crippen LogP contribution >= 0.6 is 23.2 Å². The minimum absolute atomic E-state index is 0.0614. The van der Waals surface area contributed by atoms with E-state index in [-0.39, 0.29) is 16.8 Å². The lowest BCUT2D eigenvalue weighted by molar-refractivity contribution is 0.198. The lowest BCUT2D eigenvalue weighted by Gasteiger charge is -2.20. The molecule has 0 aliphatic heterocycles. The van der Waals surface area contributed by atoms with E-state index in [0.29, 0.717) is 56.0 Å². The zero-order valence-corrected chi connectivity index (χ0v) is 22.8. The first-order chi connectivity index (χ1) is 18.1. The average Bonchev–Trinajstić information content (AvgIpc) is 3.31. The topological polar surface area (TPSA) is 78.9 Å². The van der Waals surface area contributed by atoms with Crippen LogP contribution in [-0.2, 0) is 0 Å². The van der Waals surface area contributed by atoms with E-state index in [0.717, 1.165) is 5.39 Å². The van der Waals surface area contributed by atoms with Crippen molar-refractivity contribution in [2.75, 3.05) is 13.7 Å². The number of ether oxygens (including phenoxy) is 2. The molecule has 3 aromatic carbocycles. The van der Waals surface area contributed by atoms with Crippen molar-refractivity contribution in [1.29, 1.82) is 0 Å². The molecule has 0 bridgehead atoms. The largest absolute Gasteiger partial charge is 0.496 e. The van der Waals surface area contributed by atoms with Crippen LogP contribution in [0.3, 0.4) is 0 Å². The molecular weight excluding hydrogens is 525 g/mol. The highest BCUT2D eigenvalue weighted by Crippen LogP contribution is 2.35. The number of aromatic nitrogens is 2. The van der Waals surface area contributed by atoms with E-state index in [9.17, 15) is 4.79 Å². The smallest absolute Gasteiger partial charge is 0.282 e. The van der Waals surface area contributed by atoms with Crippen LogP contribution in [0, 0.1) is 5.41 Å². The first kappa shape index (κ1) is 25.8. The Morgan fingerprint density at radius 1 is 1.03 bits per heavy atom. The second-order valence-corrected chi connectivity index (χ2v) is 10.8. The van der Waals surface area contributed by atoms with Gasteiger partial charge in [0, 0.05) is 0 Å². The number of halogens is 2. The summed E-state index contributed by atoms with van der Waals surface area (Å²) in [6.45, 7) is 6.62. The first-order valence-electron chi connectivity index (χ1n) is 11.9. The summed E-state index contributed by atoms with van der Waals surface area (Å²) in [7, 11) is 1.59. The van der Waals surface area contributed by atoms with Gasteiger partial charge in [0.2, 0.25) is 5.82 Å². The molecule has 0 N–H and O–H groups in total. The summed E-state index contributed by atoms with van der Waals surface area (Å²) >= 11 is 13.0. The van der Waals surface area contributed by atoms with E-state index in [2.05, 4.69) is 25.9 Å². The Morgan fingerprint density at radius 3 is 2.47 bits per heavy atom. The Bertz CT molecular complexity index is 1730. The Labute approximate surface area is 229 Å². The first-order valence-corrected chi connectivity index (χ1v) is 12.6. The van der Waals surface area contributed by atoms with E-state index in [1.54, 1.807) is 43.5 Å². The molecule has 0 aliphatic carbocycles. The molecule has 0 aliphatic rings. The highest BCUT2D eigenvalue weighted by atomic mass is 35.5. The Kier molecular flexibility index (Phi) is 6.90. The van der Waals surface area contributed by atoms with Crippen molar-refractivity contribution in [3.05, 3.63) is 86.6 Å². The van der Waals surface area contributed by atoms with Crippen LogP contribution in [0.2, 0.25) is 10.0 Å². The molecular formula is C29H25Cl2N3O4. The maximum Gasteiger partial charge on any atom is 0.282 e. The minimum atomic E-state index is -0.350. The molecule has 2 aromatic heterocycles. The van der Waals surface area contributed by atoms with E-state index < -0.39 is 0 Å². The number of para-hydroxylation sites is 1. The SMILES string of the molecule is COc1cccc2oc(-c3nc4ccccc4c(=O)n3N=Cc3cc(Cl)c(OCC(C)(C)C)c(Cl)c3)cc12. The fourth-order valence-electron chi connectivity index (χ4n) is 3.92. The molecule has 0 atom stereocenters. The molecule has 0 spiro atoms. The maximum atomic E-state index is 13.5. The third kappa shape index (κ3) is 5.12. The molecule has 0 saturated heterocycles. The molecule has 194 valence electrons. The van der Waals surface area contributed by atoms with Crippen LogP contribution in [0.5, 0.6) is 11.5 Å². The maximum absolute atomic E-state index is 13.5. The molecule has 0 amide bonds. The predicted molar refractivity (Wildman–Crippen MR) is 152 cm³/mol. The Balaban J connectivity index is 1.61. The molecule has 0 fully saturated rings. The highest BCUT2D eigenvalue weighted by molar-refractivity contribution is 6.37. The van der Waals surface area contributed by atoms with Gasteiger partial charge in [-0.3, -0.25) is 4.79 Å². The van der Waals surface area contributed by atoms with Gasteiger partial charge in [-0.05, 0) is 53.4 Å². The van der Waals surface area contributed by atoms with Crippen LogP contribution in [0.25, 0.3) is 33.5 Å². The molecule has 9 heteroatoms. The summed E-state index contributed by atoms with van der Waals surface area (Å²) in [5.41, 5.74) is 1.30. The van der Waals surface area contributed by atoms with Gasteiger partial charge in [0.25, 0.3) is 5.56 Å². The van der Waals surface area contributed by atoms with Gasteiger partial charge in [-0.1, -0.05) is 62.2 Å². The average molecular weight is 550 g/mol. The van der Waals surface area contributed by atoms with Crippen LogP contribution in [0.15, 0.2) is 75.0 Å². The van der Waals surface area contributed by atoms with Gasteiger partial charge < -0.3 is 13.9 Å². The molecule has 0 unspecified atom stereocenters. The van der Waals surface area contributed by atoms with Crippen molar-refractivity contribution in [2.24, 2.45) is 10.5 Å². The summed E-state index contributed by atoms with van der Waals surface area (Å²) in [6, 6.07) is 17.7. The quantitative estimate of drug-likeness (QED) is 0.206. The molecule has 2 heterocycles. The molecule has 5 rings (SSSR count). The normalized spacial score (nSPS) is 12.1. The lowest BCUT2D eigenvalue weighted by Crippen LogP contribution is -2.20. The standard InChI is InChI=1S/C29H25Cl2N3O4/c1-29(2,3)16-37-26-20(30)12-17(13-21(26)31)15-32-34-27(33-22-9-6-5-8-18(22)28(34)35)25-14-19-23(36-4)10-7-11-24(19)38-25/h5-15H,16H2,1-4H3. The van der Waals surface area contributed by atoms with E-state index in [1.807, 2.05) is 24.3 Å². The number of hydrogen-bond donors (Lipinski definition) is 0. The summed E-state index contributed by atoms with van der Waals surface area (Å²) in [6.07, 6.45) is 1.50. The summed E-state index contributed by atoms with van der Waals surface area (Å²) in [5.74, 6) is 1.66. The van der Waals surface area contributed by atoms with Crippen molar-refractivity contribution in [1.82, 2.24) is 9.66 Å². The van der Waals surface area contributed by atoms with E-state index >= 15 is 0 Å². The number of methoxy groups -OCH3 is 1. The number of rotatable bonds is 6. The van der Waals surface area contributed by atoms with Crippen LogP contribution < -0.4 is 15.0 Å². The fraction of sp³-hybridized carbons (Fsp3) is 0.207. The number of benzene rings is 3. The summed E-state index contributed by atoms with van der Waals surface area (Å²) in [5, 5.41) is 6.35. The van der Waals surface area contributed by atoms with Gasteiger partial charge in [0.15, 0.2) is 11.5 Å². The predicted octanol–water partition coefficient (Wildman–Crippen LogP) is 7.43. The van der Waals surface area contributed by atoms with Crippen molar-refractivity contribution in [3.8, 4) is 23.1 Å². The Morgan fingerprint density at radius 2 is 1.76 bits per heavy atom. The lowest BCUT2D eigenvalue weighted by atomic mass is 9.99. The molecule has 0 radical (unpaired) electrons. The molecule has 7 nitrogen and oxygen atoms in total. The van der Waals surface area contributed by atoms with Crippen molar-refractivity contribution in [2.45, 2.75) is 20.8 Å². The van der Waals surface area contributed by atoms with Crippen molar-refractivity contribution < 1.29 is 13.9 Å². The minimum Gasteiger partial charge on any atom is -0.496 e. The number of fused-ring (bicyclic) bond motifs is 2. The second kappa shape index (κ2) is 10.2. The van der Waals surface area contributed by atoms with Crippen molar-refractivity contribution >= 4 is 51.3 Å². The third-order valence-corrected chi connectivity index (χ3v) is 6.27. The summed E-state index contributed by atoms with van der Waals surface area (Å²) in [4.78, 5) is 18.2. The molecule has 38 heavy (non-hydrogen) atoms. The third-order valence-electron chi connectivity index (χ3n) is 5.71. The fourth-order valence-corrected chi connectivity index (χ4v) is 4.53. The summed E-state index contributed by atoms with van der Waals surface area (Å²) < 4.78 is 18.6. The van der Waals surface area contributed by atoms with Gasteiger partial charge in [-0.15, -0.1) is 0 Å². The molecule has 5 aromatic rings. The highest BCUT2D eigenvalue weighted by Gasteiger charge is 2.19. The van der Waals surface area contributed by atoms with Gasteiger partial charge >= 0.3 is 0 Å². The second-order valence-electron chi connectivity index (χ2n) is 9.96. The van der Waals surface area contributed by atoms with Gasteiger partial charge in [0.1, 0.15) is 11.3 Å². The number of hydrogen-bond acceptors (Lipinski definition) is 6. The zero-order chi connectivity index (χ0) is 27.0. The van der Waals surface area contributed by atoms with Gasteiger partial charge in [-0.2, -0.15) is 9.78 Å². The van der Waals surface area contributed by atoms with E-state index in [4.69, 9.17) is 42.1 Å². The Hall–Kier alpha value is -3.81. The van der Waals surface area contributed by atoms with Crippen LogP contribution in [0.1, 0.15) is 26.3 Å². The van der Waals surface area contributed by atoms with Gasteiger partial charge in [-0.25, -0.2) is 4.98 Å².